The Kier molecular flexibility index (Phi) is 2.82. The summed E-state index contributed by atoms with van der Waals surface area (Å²) in [5.74, 6) is 0. The van der Waals surface area contributed by atoms with Gasteiger partial charge in [0.25, 0.3) is 0 Å². The van der Waals surface area contributed by atoms with Crippen LogP contribution in [0.15, 0.2) is 30.3 Å². The summed E-state index contributed by atoms with van der Waals surface area (Å²) in [6.07, 6.45) is 0. The van der Waals surface area contributed by atoms with Gasteiger partial charge in [-0.2, -0.15) is 0 Å². The van der Waals surface area contributed by atoms with Crippen LogP contribution in [0.2, 0.25) is 5.15 Å². The van der Waals surface area contributed by atoms with E-state index in [1.54, 1.807) is 0 Å². The second-order valence-electron chi connectivity index (χ2n) is 2.86. The zero-order valence-electron chi connectivity index (χ0n) is 7.05. The molecular weight excluding hydrogens is 240 g/mol. The van der Waals surface area contributed by atoms with Gasteiger partial charge in [-0.15, -0.1) is 0 Å². The van der Waals surface area contributed by atoms with Gasteiger partial charge < -0.3 is 0 Å². The molecule has 0 N–H and O–H groups in total. The molecule has 2 aromatic rings. The second kappa shape index (κ2) is 3.93. The molecule has 0 atom stereocenters. The fraction of sp³-hybridized carbons (Fsp3) is 0.100. The molecule has 0 aliphatic carbocycles. The van der Waals surface area contributed by atoms with Crippen LogP contribution in [0, 0.1) is 0 Å². The largest absolute Gasteiger partial charge is 0.236 e. The molecule has 0 unspecified atom stereocenters. The predicted octanol–water partition coefficient (Wildman–Crippen LogP) is 4.36. The normalized spacial score (nSPS) is 11.1. The molecule has 0 amide bonds. The SMILES string of the molecule is Clc1nc2ccccc2cc1C(Cl)Cl. The van der Waals surface area contributed by atoms with Crippen LogP contribution in [0.1, 0.15) is 10.4 Å². The van der Waals surface area contributed by atoms with E-state index in [4.69, 9.17) is 34.8 Å². The van der Waals surface area contributed by atoms with Crippen LogP contribution in [-0.4, -0.2) is 4.98 Å². The fourth-order valence-corrected chi connectivity index (χ4v) is 1.96. The third-order valence-corrected chi connectivity index (χ3v) is 2.71. The number of benzene rings is 1. The van der Waals surface area contributed by atoms with Crippen LogP contribution in [0.25, 0.3) is 10.9 Å². The number of aromatic nitrogens is 1. The van der Waals surface area contributed by atoms with E-state index >= 15 is 0 Å². The van der Waals surface area contributed by atoms with Crippen LogP contribution in [0.5, 0.6) is 0 Å². The maximum absolute atomic E-state index is 5.92. The van der Waals surface area contributed by atoms with Crippen LogP contribution in [0.4, 0.5) is 0 Å². The lowest BCUT2D eigenvalue weighted by Crippen LogP contribution is -1.88. The van der Waals surface area contributed by atoms with Gasteiger partial charge in [0, 0.05) is 10.9 Å². The molecule has 0 radical (unpaired) electrons. The van der Waals surface area contributed by atoms with Gasteiger partial charge in [-0.25, -0.2) is 4.98 Å². The van der Waals surface area contributed by atoms with Crippen molar-refractivity contribution in [2.75, 3.05) is 0 Å². The maximum atomic E-state index is 5.92. The Labute approximate surface area is 96.6 Å². The summed E-state index contributed by atoms with van der Waals surface area (Å²) in [4.78, 5) is 3.55. The highest BCUT2D eigenvalue weighted by molar-refractivity contribution is 6.45. The van der Waals surface area contributed by atoms with Gasteiger partial charge in [0.05, 0.1) is 5.52 Å². The molecule has 0 saturated carbocycles. The van der Waals surface area contributed by atoms with Gasteiger partial charge in [0.15, 0.2) is 0 Å². The first kappa shape index (κ1) is 10.0. The van der Waals surface area contributed by atoms with Gasteiger partial charge in [0.1, 0.15) is 9.99 Å². The van der Waals surface area contributed by atoms with Crippen LogP contribution < -0.4 is 0 Å². The van der Waals surface area contributed by atoms with E-state index in [9.17, 15) is 0 Å². The minimum absolute atomic E-state index is 0.360. The molecule has 0 aliphatic rings. The average molecular weight is 247 g/mol. The lowest BCUT2D eigenvalue weighted by molar-refractivity contribution is 1.27. The maximum Gasteiger partial charge on any atom is 0.135 e. The third kappa shape index (κ3) is 1.81. The molecule has 0 bridgehead atoms. The van der Waals surface area contributed by atoms with E-state index in [0.29, 0.717) is 10.7 Å². The monoisotopic (exact) mass is 245 g/mol. The van der Waals surface area contributed by atoms with Crippen molar-refractivity contribution in [3.63, 3.8) is 0 Å². The van der Waals surface area contributed by atoms with Crippen molar-refractivity contribution < 1.29 is 0 Å². The van der Waals surface area contributed by atoms with Crippen LogP contribution in [0.3, 0.4) is 0 Å². The minimum atomic E-state index is -0.639. The molecule has 14 heavy (non-hydrogen) atoms. The molecule has 0 saturated heterocycles. The van der Waals surface area contributed by atoms with E-state index in [0.717, 1.165) is 10.9 Å². The summed E-state index contributed by atoms with van der Waals surface area (Å²) in [7, 11) is 0. The molecule has 0 spiro atoms. The highest BCUT2D eigenvalue weighted by Gasteiger charge is 2.10. The summed E-state index contributed by atoms with van der Waals surface area (Å²) in [6, 6.07) is 9.53. The Hall–Kier alpha value is -0.500. The quantitative estimate of drug-likeness (QED) is 0.538. The molecular formula is C10H6Cl3N. The van der Waals surface area contributed by atoms with Crippen molar-refractivity contribution in [1.29, 1.82) is 0 Å². The first-order valence-corrected chi connectivity index (χ1v) is 5.27. The molecule has 1 nitrogen and oxygen atoms in total. The molecule has 4 heteroatoms. The lowest BCUT2D eigenvalue weighted by Gasteiger charge is -2.05. The van der Waals surface area contributed by atoms with Gasteiger partial charge >= 0.3 is 0 Å². The van der Waals surface area contributed by atoms with E-state index in [1.807, 2.05) is 30.3 Å². The smallest absolute Gasteiger partial charge is 0.135 e. The number of pyridine rings is 1. The van der Waals surface area contributed by atoms with Crippen molar-refractivity contribution in [3.05, 3.63) is 41.0 Å². The average Bonchev–Trinajstić information content (AvgIpc) is 2.16. The number of halogens is 3. The number of rotatable bonds is 1. The van der Waals surface area contributed by atoms with E-state index in [-0.39, 0.29) is 0 Å². The van der Waals surface area contributed by atoms with Gasteiger partial charge in [-0.1, -0.05) is 53.0 Å². The molecule has 0 aliphatic heterocycles. The van der Waals surface area contributed by atoms with E-state index in [2.05, 4.69) is 4.98 Å². The topological polar surface area (TPSA) is 12.9 Å². The van der Waals surface area contributed by atoms with E-state index < -0.39 is 4.84 Å². The summed E-state index contributed by atoms with van der Waals surface area (Å²) in [6.45, 7) is 0. The Bertz CT molecular complexity index is 468. The van der Waals surface area contributed by atoms with Gasteiger partial charge in [-0.3, -0.25) is 0 Å². The minimum Gasteiger partial charge on any atom is -0.236 e. The highest BCUT2D eigenvalue weighted by atomic mass is 35.5. The zero-order chi connectivity index (χ0) is 10.1. The number of nitrogens with zero attached hydrogens (tertiary/aromatic N) is 1. The zero-order valence-corrected chi connectivity index (χ0v) is 9.31. The Morgan fingerprint density at radius 1 is 1.14 bits per heavy atom. The second-order valence-corrected chi connectivity index (χ2v) is 4.32. The third-order valence-electron chi connectivity index (χ3n) is 1.94. The van der Waals surface area contributed by atoms with Crippen molar-refractivity contribution in [3.8, 4) is 0 Å². The van der Waals surface area contributed by atoms with Crippen molar-refractivity contribution in [2.45, 2.75) is 4.84 Å². The molecule has 1 aromatic carbocycles. The lowest BCUT2D eigenvalue weighted by atomic mass is 10.2. The first-order chi connectivity index (χ1) is 6.68. The standard InChI is InChI=1S/C10H6Cl3N/c11-9(12)7-5-6-3-1-2-4-8(6)14-10(7)13/h1-5,9H. The first-order valence-electron chi connectivity index (χ1n) is 4.02. The Morgan fingerprint density at radius 3 is 2.57 bits per heavy atom. The van der Waals surface area contributed by atoms with Crippen molar-refractivity contribution in [1.82, 2.24) is 4.98 Å². The number of hydrogen-bond acceptors (Lipinski definition) is 1. The Balaban J connectivity index is 2.71. The molecule has 1 aromatic heterocycles. The van der Waals surface area contributed by atoms with Crippen molar-refractivity contribution >= 4 is 45.7 Å². The molecule has 0 fully saturated rings. The summed E-state index contributed by atoms with van der Waals surface area (Å²) in [5.41, 5.74) is 1.49. The molecule has 72 valence electrons. The fourth-order valence-electron chi connectivity index (χ4n) is 1.26. The predicted molar refractivity (Wildman–Crippen MR) is 61.2 cm³/mol. The summed E-state index contributed by atoms with van der Waals surface area (Å²) >= 11 is 17.4. The molecule has 2 rings (SSSR count). The van der Waals surface area contributed by atoms with Crippen molar-refractivity contribution in [2.24, 2.45) is 0 Å². The van der Waals surface area contributed by atoms with Gasteiger partial charge in [0.2, 0.25) is 0 Å². The van der Waals surface area contributed by atoms with E-state index in [1.165, 1.54) is 0 Å². The number of alkyl halides is 2. The summed E-state index contributed by atoms with van der Waals surface area (Å²) < 4.78 is 0. The Morgan fingerprint density at radius 2 is 1.86 bits per heavy atom. The highest BCUT2D eigenvalue weighted by Crippen LogP contribution is 2.31. The van der Waals surface area contributed by atoms with Crippen LogP contribution >= 0.6 is 34.8 Å². The van der Waals surface area contributed by atoms with Crippen LogP contribution in [-0.2, 0) is 0 Å². The number of para-hydroxylation sites is 1. The molecule has 1 heterocycles. The number of hydrogen-bond donors (Lipinski definition) is 0. The van der Waals surface area contributed by atoms with Gasteiger partial charge in [-0.05, 0) is 12.1 Å². The number of fused-ring (bicyclic) bond motifs is 1. The summed E-state index contributed by atoms with van der Waals surface area (Å²) in [5, 5.41) is 1.34.